The van der Waals surface area contributed by atoms with Gasteiger partial charge in [0.25, 0.3) is 0 Å². The molecule has 9 nitrogen and oxygen atoms in total. The molecule has 0 unspecified atom stereocenters. The molecule has 4 aromatic rings. The molecule has 0 aliphatic rings. The highest BCUT2D eigenvalue weighted by atomic mass is 35.5. The summed E-state index contributed by atoms with van der Waals surface area (Å²) in [6.07, 6.45) is 7.85. The molecule has 0 fully saturated rings. The molecule has 3 aromatic heterocycles. The van der Waals surface area contributed by atoms with Crippen LogP contribution in [0.25, 0.3) is 11.1 Å². The molecule has 0 aliphatic heterocycles. The van der Waals surface area contributed by atoms with Gasteiger partial charge in [-0.25, -0.2) is 14.2 Å². The number of anilines is 3. The Morgan fingerprint density at radius 2 is 2.06 bits per heavy atom. The van der Waals surface area contributed by atoms with Gasteiger partial charge in [-0.05, 0) is 49.6 Å². The number of hydrogen-bond donors (Lipinski definition) is 4. The Kier molecular flexibility index (Phi) is 6.98. The van der Waals surface area contributed by atoms with Crippen molar-refractivity contribution < 1.29 is 14.3 Å². The first-order chi connectivity index (χ1) is 16.4. The van der Waals surface area contributed by atoms with E-state index in [1.165, 1.54) is 30.5 Å². The lowest BCUT2D eigenvalue weighted by atomic mass is 10.1. The Bertz CT molecular complexity index is 1330. The van der Waals surface area contributed by atoms with Crippen LogP contribution in [0.1, 0.15) is 28.0 Å². The third kappa shape index (κ3) is 5.46. The number of halogens is 2. The van der Waals surface area contributed by atoms with E-state index < -0.39 is 11.8 Å². The average Bonchev–Trinajstić information content (AvgIpc) is 3.24. The molecule has 4 N–H and O–H groups in total. The summed E-state index contributed by atoms with van der Waals surface area (Å²) in [5.41, 5.74) is 3.90. The number of aromatic carboxylic acids is 1. The summed E-state index contributed by atoms with van der Waals surface area (Å²) in [7, 11) is 0. The molecule has 0 bridgehead atoms. The van der Waals surface area contributed by atoms with E-state index in [4.69, 9.17) is 11.6 Å². The summed E-state index contributed by atoms with van der Waals surface area (Å²) >= 11 is 5.87. The molecule has 1 aromatic carbocycles. The van der Waals surface area contributed by atoms with E-state index in [1.54, 1.807) is 12.4 Å². The topological polar surface area (TPSA) is 129 Å². The van der Waals surface area contributed by atoms with Crippen molar-refractivity contribution in [3.8, 4) is 11.1 Å². The smallest absolute Gasteiger partial charge is 0.337 e. The minimum Gasteiger partial charge on any atom is -0.478 e. The highest BCUT2D eigenvalue weighted by molar-refractivity contribution is 6.31. The van der Waals surface area contributed by atoms with Gasteiger partial charge in [-0.2, -0.15) is 10.1 Å². The number of aromatic amines is 1. The fourth-order valence-electron chi connectivity index (χ4n) is 3.31. The Balaban J connectivity index is 1.59. The van der Waals surface area contributed by atoms with Crippen LogP contribution in [0.4, 0.5) is 21.8 Å². The summed E-state index contributed by atoms with van der Waals surface area (Å²) < 4.78 is 13.5. The van der Waals surface area contributed by atoms with Crippen LogP contribution in [-0.2, 0) is 6.42 Å². The largest absolute Gasteiger partial charge is 0.478 e. The monoisotopic (exact) mass is 481 g/mol. The second-order valence-corrected chi connectivity index (χ2v) is 7.93. The number of nitrogens with one attached hydrogen (secondary N) is 3. The van der Waals surface area contributed by atoms with Crippen molar-refractivity contribution in [2.75, 3.05) is 17.2 Å². The van der Waals surface area contributed by atoms with Crippen molar-refractivity contribution in [1.82, 2.24) is 25.1 Å². The Labute approximate surface area is 199 Å². The van der Waals surface area contributed by atoms with Crippen molar-refractivity contribution in [1.29, 1.82) is 0 Å². The number of nitrogens with zero attached hydrogens (tertiary/aromatic N) is 4. The summed E-state index contributed by atoms with van der Waals surface area (Å²) in [5, 5.41) is 22.6. The molecule has 4 rings (SSSR count). The fraction of sp³-hybridized carbons (Fsp3) is 0.174. The number of carboxylic acids is 1. The maximum absolute atomic E-state index is 13.5. The number of pyridine rings is 1. The number of carboxylic acid groups (broad SMARTS) is 1. The minimum absolute atomic E-state index is 0.0222. The van der Waals surface area contributed by atoms with E-state index in [1.807, 2.05) is 13.1 Å². The third-order valence-corrected chi connectivity index (χ3v) is 5.40. The third-order valence-electron chi connectivity index (χ3n) is 5.11. The van der Waals surface area contributed by atoms with E-state index >= 15 is 0 Å². The molecule has 3 heterocycles. The van der Waals surface area contributed by atoms with Crippen LogP contribution in [-0.4, -0.2) is 42.8 Å². The minimum atomic E-state index is -1.08. The van der Waals surface area contributed by atoms with Crippen molar-refractivity contribution >= 4 is 35.0 Å². The normalized spacial score (nSPS) is 10.8. The number of hydrogen-bond acceptors (Lipinski definition) is 7. The quantitative estimate of drug-likeness (QED) is 0.250. The van der Waals surface area contributed by atoms with Crippen molar-refractivity contribution in [3.05, 3.63) is 76.7 Å². The summed E-state index contributed by atoms with van der Waals surface area (Å²) in [6, 6.07) is 5.73. The van der Waals surface area contributed by atoms with E-state index in [0.717, 1.165) is 24.1 Å². The van der Waals surface area contributed by atoms with Gasteiger partial charge >= 0.3 is 5.97 Å². The highest BCUT2D eigenvalue weighted by Crippen LogP contribution is 2.28. The van der Waals surface area contributed by atoms with Crippen molar-refractivity contribution in [2.24, 2.45) is 0 Å². The van der Waals surface area contributed by atoms with Gasteiger partial charge < -0.3 is 15.7 Å². The molecule has 0 aliphatic carbocycles. The van der Waals surface area contributed by atoms with E-state index in [0.29, 0.717) is 29.2 Å². The number of aromatic nitrogens is 5. The van der Waals surface area contributed by atoms with Crippen LogP contribution in [0.2, 0.25) is 5.02 Å². The van der Waals surface area contributed by atoms with Crippen molar-refractivity contribution in [3.63, 3.8) is 0 Å². The van der Waals surface area contributed by atoms with Crippen LogP contribution in [0.5, 0.6) is 0 Å². The molecule has 0 amide bonds. The Hall–Kier alpha value is -4.05. The standard InChI is InChI=1S/C23H21ClFN7O2/c1-13-14(11-29-32-13)3-2-6-27-21-18(15-7-16(22(33)34)10-26-9-15)12-28-23(31-21)30-17-4-5-20(25)19(24)8-17/h4-5,7-12H,2-3,6H2,1H3,(H,29,32)(H,33,34)(H2,27,28,30,31). The lowest BCUT2D eigenvalue weighted by Gasteiger charge is -2.14. The molecular formula is C23H21ClFN7O2. The van der Waals surface area contributed by atoms with Gasteiger partial charge in [-0.15, -0.1) is 0 Å². The lowest BCUT2D eigenvalue weighted by Crippen LogP contribution is -2.09. The van der Waals surface area contributed by atoms with Crippen LogP contribution >= 0.6 is 11.6 Å². The Morgan fingerprint density at radius 3 is 2.79 bits per heavy atom. The first-order valence-corrected chi connectivity index (χ1v) is 10.8. The second kappa shape index (κ2) is 10.3. The zero-order chi connectivity index (χ0) is 24.1. The number of rotatable bonds is 9. The van der Waals surface area contributed by atoms with Gasteiger partial charge in [0.1, 0.15) is 11.6 Å². The zero-order valence-electron chi connectivity index (χ0n) is 18.1. The molecule has 174 valence electrons. The molecule has 0 saturated heterocycles. The summed E-state index contributed by atoms with van der Waals surface area (Å²) in [4.78, 5) is 24.3. The molecule has 0 saturated carbocycles. The maximum atomic E-state index is 13.5. The molecule has 0 atom stereocenters. The van der Waals surface area contributed by atoms with Gasteiger partial charge in [-0.1, -0.05) is 11.6 Å². The molecule has 0 radical (unpaired) electrons. The van der Waals surface area contributed by atoms with E-state index in [9.17, 15) is 14.3 Å². The van der Waals surface area contributed by atoms with Gasteiger partial charge in [0.2, 0.25) is 5.95 Å². The highest BCUT2D eigenvalue weighted by Gasteiger charge is 2.13. The van der Waals surface area contributed by atoms with Crippen molar-refractivity contribution in [2.45, 2.75) is 19.8 Å². The number of aryl methyl sites for hydroxylation is 2. The number of carbonyl (C=O) groups is 1. The Morgan fingerprint density at radius 1 is 1.21 bits per heavy atom. The van der Waals surface area contributed by atoms with Crippen LogP contribution < -0.4 is 10.6 Å². The summed E-state index contributed by atoms with van der Waals surface area (Å²) in [5.74, 6) is -0.836. The van der Waals surface area contributed by atoms with Gasteiger partial charge in [0.15, 0.2) is 0 Å². The number of benzene rings is 1. The molecule has 11 heteroatoms. The second-order valence-electron chi connectivity index (χ2n) is 7.53. The first kappa shape index (κ1) is 23.1. The average molecular weight is 482 g/mol. The van der Waals surface area contributed by atoms with Crippen LogP contribution in [0, 0.1) is 12.7 Å². The maximum Gasteiger partial charge on any atom is 0.337 e. The number of H-pyrrole nitrogens is 1. The zero-order valence-corrected chi connectivity index (χ0v) is 18.9. The van der Waals surface area contributed by atoms with Crippen LogP contribution in [0.3, 0.4) is 0 Å². The fourth-order valence-corrected chi connectivity index (χ4v) is 3.49. The predicted molar refractivity (Wildman–Crippen MR) is 127 cm³/mol. The molecule has 0 spiro atoms. The molecule has 34 heavy (non-hydrogen) atoms. The summed E-state index contributed by atoms with van der Waals surface area (Å²) in [6.45, 7) is 2.57. The van der Waals surface area contributed by atoms with Gasteiger partial charge in [0, 0.05) is 47.6 Å². The predicted octanol–water partition coefficient (Wildman–Crippen LogP) is 4.85. The first-order valence-electron chi connectivity index (χ1n) is 10.4. The SMILES string of the molecule is Cc1[nH]ncc1CCCNc1nc(Nc2ccc(F)c(Cl)c2)ncc1-c1cncc(C(=O)O)c1. The molecular weight excluding hydrogens is 461 g/mol. The lowest BCUT2D eigenvalue weighted by molar-refractivity contribution is 0.0696. The van der Waals surface area contributed by atoms with Gasteiger partial charge in [0.05, 0.1) is 16.8 Å². The van der Waals surface area contributed by atoms with E-state index in [-0.39, 0.29) is 16.5 Å². The van der Waals surface area contributed by atoms with Gasteiger partial charge in [-0.3, -0.25) is 10.1 Å². The van der Waals surface area contributed by atoms with Crippen LogP contribution in [0.15, 0.2) is 49.1 Å². The van der Waals surface area contributed by atoms with E-state index in [2.05, 4.69) is 35.8 Å².